The first-order valence-electron chi connectivity index (χ1n) is 5.30. The summed E-state index contributed by atoms with van der Waals surface area (Å²) in [6, 6.07) is 7.97. The van der Waals surface area contributed by atoms with Crippen LogP contribution in [0.3, 0.4) is 0 Å². The number of nitrogens with one attached hydrogen (secondary N) is 1. The average molecular weight is 244 g/mol. The molecule has 2 rings (SSSR count). The van der Waals surface area contributed by atoms with Crippen LogP contribution in [0.15, 0.2) is 23.6 Å². The van der Waals surface area contributed by atoms with Gasteiger partial charge in [0, 0.05) is 6.54 Å². The SMILES string of the molecule is Cc1ccsc1-c1ccc(NCCC#N)nn1. The minimum atomic E-state index is 0.466. The Balaban J connectivity index is 2.09. The molecule has 0 radical (unpaired) electrons. The van der Waals surface area contributed by atoms with Crippen LogP contribution in [0.25, 0.3) is 10.6 Å². The van der Waals surface area contributed by atoms with Crippen LogP contribution in [-0.4, -0.2) is 16.7 Å². The molecule has 0 atom stereocenters. The standard InChI is InChI=1S/C12H12N4S/c1-9-5-8-17-12(9)10-3-4-11(16-15-10)14-7-2-6-13/h3-5,8H,2,7H2,1H3,(H,14,16). The van der Waals surface area contributed by atoms with Crippen LogP contribution in [0.1, 0.15) is 12.0 Å². The topological polar surface area (TPSA) is 61.6 Å². The van der Waals surface area contributed by atoms with Crippen LogP contribution in [0.5, 0.6) is 0 Å². The Bertz CT molecular complexity index is 524. The average Bonchev–Trinajstić information content (AvgIpc) is 2.77. The van der Waals surface area contributed by atoms with Crippen LogP contribution in [0.4, 0.5) is 5.82 Å². The molecule has 0 fully saturated rings. The van der Waals surface area contributed by atoms with Gasteiger partial charge in [-0.1, -0.05) is 0 Å². The van der Waals surface area contributed by atoms with Gasteiger partial charge < -0.3 is 5.32 Å². The largest absolute Gasteiger partial charge is 0.368 e. The lowest BCUT2D eigenvalue weighted by atomic mass is 10.2. The maximum atomic E-state index is 8.42. The molecule has 2 aromatic heterocycles. The molecule has 0 aliphatic carbocycles. The fourth-order valence-electron chi connectivity index (χ4n) is 1.43. The Hall–Kier alpha value is -1.93. The van der Waals surface area contributed by atoms with Gasteiger partial charge in [0.25, 0.3) is 0 Å². The summed E-state index contributed by atoms with van der Waals surface area (Å²) in [7, 11) is 0. The van der Waals surface area contributed by atoms with Gasteiger partial charge in [0.15, 0.2) is 0 Å². The van der Waals surface area contributed by atoms with Crippen LogP contribution in [0.2, 0.25) is 0 Å². The second-order valence-electron chi connectivity index (χ2n) is 3.57. The van der Waals surface area contributed by atoms with E-state index in [1.165, 1.54) is 5.56 Å². The van der Waals surface area contributed by atoms with Crippen LogP contribution >= 0.6 is 11.3 Å². The van der Waals surface area contributed by atoms with Gasteiger partial charge in [0.1, 0.15) is 11.5 Å². The van der Waals surface area contributed by atoms with E-state index in [4.69, 9.17) is 5.26 Å². The second-order valence-corrected chi connectivity index (χ2v) is 4.49. The van der Waals surface area contributed by atoms with E-state index in [1.807, 2.05) is 17.5 Å². The van der Waals surface area contributed by atoms with Gasteiger partial charge in [-0.2, -0.15) is 5.26 Å². The van der Waals surface area contributed by atoms with Gasteiger partial charge in [0.05, 0.1) is 17.4 Å². The summed E-state index contributed by atoms with van der Waals surface area (Å²) < 4.78 is 0. The van der Waals surface area contributed by atoms with E-state index in [1.54, 1.807) is 11.3 Å². The van der Waals surface area contributed by atoms with Crippen molar-refractivity contribution >= 4 is 17.2 Å². The molecule has 0 spiro atoms. The van der Waals surface area contributed by atoms with Crippen molar-refractivity contribution in [2.45, 2.75) is 13.3 Å². The Labute approximate surface area is 104 Å². The molecule has 2 aromatic rings. The molecule has 0 bridgehead atoms. The lowest BCUT2D eigenvalue weighted by Crippen LogP contribution is -2.03. The van der Waals surface area contributed by atoms with Gasteiger partial charge in [0.2, 0.25) is 0 Å². The van der Waals surface area contributed by atoms with Crippen molar-refractivity contribution in [3.8, 4) is 16.6 Å². The number of aryl methyl sites for hydroxylation is 1. The fraction of sp³-hybridized carbons (Fsp3) is 0.250. The summed E-state index contributed by atoms with van der Waals surface area (Å²) >= 11 is 1.66. The summed E-state index contributed by atoms with van der Waals surface area (Å²) in [4.78, 5) is 1.15. The van der Waals surface area contributed by atoms with E-state index in [2.05, 4.69) is 34.6 Å². The fourth-order valence-corrected chi connectivity index (χ4v) is 2.32. The summed E-state index contributed by atoms with van der Waals surface area (Å²) in [5.41, 5.74) is 2.11. The maximum absolute atomic E-state index is 8.42. The molecule has 0 unspecified atom stereocenters. The second kappa shape index (κ2) is 5.41. The molecule has 4 nitrogen and oxygen atoms in total. The van der Waals surface area contributed by atoms with Gasteiger partial charge in [-0.25, -0.2) is 0 Å². The molecule has 1 N–H and O–H groups in total. The molecule has 0 amide bonds. The summed E-state index contributed by atoms with van der Waals surface area (Å²) in [6.45, 7) is 2.66. The van der Waals surface area contributed by atoms with E-state index in [9.17, 15) is 0 Å². The van der Waals surface area contributed by atoms with Crippen molar-refractivity contribution < 1.29 is 0 Å². The van der Waals surface area contributed by atoms with Gasteiger partial charge in [-0.3, -0.25) is 0 Å². The summed E-state index contributed by atoms with van der Waals surface area (Å²) in [6.07, 6.45) is 0.466. The minimum absolute atomic E-state index is 0.466. The van der Waals surface area contributed by atoms with Crippen molar-refractivity contribution in [2.24, 2.45) is 0 Å². The predicted molar refractivity (Wildman–Crippen MR) is 68.8 cm³/mol. The molecule has 86 valence electrons. The normalized spacial score (nSPS) is 9.88. The maximum Gasteiger partial charge on any atom is 0.148 e. The zero-order chi connectivity index (χ0) is 12.1. The molecular formula is C12H12N4S. The van der Waals surface area contributed by atoms with Crippen molar-refractivity contribution in [1.29, 1.82) is 5.26 Å². The molecular weight excluding hydrogens is 232 g/mol. The van der Waals surface area contributed by atoms with Crippen molar-refractivity contribution in [3.05, 3.63) is 29.1 Å². The number of nitrogens with zero attached hydrogens (tertiary/aromatic N) is 3. The third-order valence-corrected chi connectivity index (χ3v) is 3.34. The predicted octanol–water partition coefficient (Wildman–Crippen LogP) is 2.84. The highest BCUT2D eigenvalue weighted by atomic mass is 32.1. The molecule has 17 heavy (non-hydrogen) atoms. The Morgan fingerprint density at radius 2 is 2.24 bits per heavy atom. The van der Waals surface area contributed by atoms with Gasteiger partial charge >= 0.3 is 0 Å². The van der Waals surface area contributed by atoms with Crippen molar-refractivity contribution in [3.63, 3.8) is 0 Å². The monoisotopic (exact) mass is 244 g/mol. The highest BCUT2D eigenvalue weighted by Crippen LogP contribution is 2.26. The lowest BCUT2D eigenvalue weighted by molar-refractivity contribution is 0.993. The molecule has 0 saturated carbocycles. The van der Waals surface area contributed by atoms with Crippen molar-refractivity contribution in [1.82, 2.24) is 10.2 Å². The number of hydrogen-bond acceptors (Lipinski definition) is 5. The summed E-state index contributed by atoms with van der Waals surface area (Å²) in [5.74, 6) is 0.707. The number of rotatable bonds is 4. The Morgan fingerprint density at radius 1 is 1.35 bits per heavy atom. The van der Waals surface area contributed by atoms with E-state index in [0.717, 1.165) is 10.6 Å². The molecule has 5 heteroatoms. The smallest absolute Gasteiger partial charge is 0.148 e. The van der Waals surface area contributed by atoms with Gasteiger partial charge in [-0.05, 0) is 36.1 Å². The van der Waals surface area contributed by atoms with E-state index in [-0.39, 0.29) is 0 Å². The molecule has 2 heterocycles. The molecule has 0 aliphatic rings. The number of aromatic nitrogens is 2. The first kappa shape index (κ1) is 11.6. The number of nitriles is 1. The first-order valence-corrected chi connectivity index (χ1v) is 6.18. The third-order valence-electron chi connectivity index (χ3n) is 2.30. The minimum Gasteiger partial charge on any atom is -0.368 e. The van der Waals surface area contributed by atoms with E-state index < -0.39 is 0 Å². The van der Waals surface area contributed by atoms with E-state index >= 15 is 0 Å². The zero-order valence-electron chi connectivity index (χ0n) is 9.47. The summed E-state index contributed by atoms with van der Waals surface area (Å²) in [5, 5.41) is 21.8. The number of anilines is 1. The van der Waals surface area contributed by atoms with Crippen molar-refractivity contribution in [2.75, 3.05) is 11.9 Å². The first-order chi connectivity index (χ1) is 8.31. The van der Waals surface area contributed by atoms with E-state index in [0.29, 0.717) is 18.8 Å². The molecule has 0 saturated heterocycles. The Morgan fingerprint density at radius 3 is 2.82 bits per heavy atom. The van der Waals surface area contributed by atoms with Crippen LogP contribution in [-0.2, 0) is 0 Å². The molecule has 0 aromatic carbocycles. The zero-order valence-corrected chi connectivity index (χ0v) is 10.3. The van der Waals surface area contributed by atoms with Crippen LogP contribution < -0.4 is 5.32 Å². The third kappa shape index (κ3) is 2.80. The van der Waals surface area contributed by atoms with Crippen LogP contribution in [0, 0.1) is 18.3 Å². The highest BCUT2D eigenvalue weighted by molar-refractivity contribution is 7.13. The van der Waals surface area contributed by atoms with Gasteiger partial charge in [-0.15, -0.1) is 21.5 Å². The highest BCUT2D eigenvalue weighted by Gasteiger charge is 2.05. The Kier molecular flexibility index (Phi) is 3.68. The quantitative estimate of drug-likeness (QED) is 0.840. The lowest BCUT2D eigenvalue weighted by Gasteiger charge is -2.03. The number of thiophene rings is 1. The molecule has 0 aliphatic heterocycles. The number of hydrogen-bond donors (Lipinski definition) is 1.